The molecule has 1 heterocycles. The molecule has 1 unspecified atom stereocenters. The Balaban J connectivity index is 2.13. The number of esters is 1. The molecule has 0 bridgehead atoms. The van der Waals surface area contributed by atoms with Gasteiger partial charge in [-0.3, -0.25) is 4.79 Å². The van der Waals surface area contributed by atoms with E-state index in [1.54, 1.807) is 11.8 Å². The zero-order chi connectivity index (χ0) is 23.0. The second-order valence-corrected chi connectivity index (χ2v) is 8.68. The van der Waals surface area contributed by atoms with Crippen molar-refractivity contribution in [1.29, 1.82) is 0 Å². The maximum Gasteiger partial charge on any atom is 0.341 e. The summed E-state index contributed by atoms with van der Waals surface area (Å²) >= 11 is 6.71. The van der Waals surface area contributed by atoms with Crippen LogP contribution in [0, 0.1) is 6.92 Å². The Labute approximate surface area is 194 Å². The highest BCUT2D eigenvalue weighted by molar-refractivity contribution is 7.80. The van der Waals surface area contributed by atoms with Crippen LogP contribution < -0.4 is 10.6 Å². The van der Waals surface area contributed by atoms with Crippen LogP contribution in [0.4, 0.5) is 5.00 Å². The van der Waals surface area contributed by atoms with Gasteiger partial charge in [0.1, 0.15) is 5.00 Å². The van der Waals surface area contributed by atoms with E-state index in [2.05, 4.69) is 29.7 Å². The molecule has 1 amide bonds. The molecule has 1 atom stereocenters. The third-order valence-electron chi connectivity index (χ3n) is 5.09. The molecule has 0 fully saturated rings. The highest BCUT2D eigenvalue weighted by Gasteiger charge is 2.27. The Morgan fingerprint density at radius 3 is 2.42 bits per heavy atom. The summed E-state index contributed by atoms with van der Waals surface area (Å²) in [6.07, 6.45) is 1.84. The third-order valence-corrected chi connectivity index (χ3v) is 6.51. The summed E-state index contributed by atoms with van der Waals surface area (Å²) in [5.74, 6) is -0.587. The molecule has 0 aliphatic rings. The van der Waals surface area contributed by atoms with Crippen molar-refractivity contribution in [3.8, 4) is 0 Å². The Morgan fingerprint density at radius 1 is 1.19 bits per heavy atom. The van der Waals surface area contributed by atoms with Gasteiger partial charge in [-0.1, -0.05) is 30.3 Å². The number of amides is 1. The van der Waals surface area contributed by atoms with Gasteiger partial charge in [-0.25, -0.2) is 4.79 Å². The fourth-order valence-electron chi connectivity index (χ4n) is 3.27. The quantitative estimate of drug-likeness (QED) is 0.419. The number of anilines is 1. The summed E-state index contributed by atoms with van der Waals surface area (Å²) in [7, 11) is 1.33. The molecule has 1 aromatic carbocycles. The number of hydrogen-bond donors (Lipinski definition) is 2. The van der Waals surface area contributed by atoms with Crippen molar-refractivity contribution in [3.05, 3.63) is 51.9 Å². The predicted molar refractivity (Wildman–Crippen MR) is 131 cm³/mol. The van der Waals surface area contributed by atoms with Gasteiger partial charge in [0.2, 0.25) is 0 Å². The van der Waals surface area contributed by atoms with Crippen LogP contribution in [0.2, 0.25) is 0 Å². The van der Waals surface area contributed by atoms with Crippen molar-refractivity contribution >= 4 is 45.5 Å². The fraction of sp³-hybridized carbons (Fsp3) is 0.435. The Kier molecular flexibility index (Phi) is 9.45. The number of thiophene rings is 1. The summed E-state index contributed by atoms with van der Waals surface area (Å²) in [4.78, 5) is 27.6. The first-order chi connectivity index (χ1) is 14.8. The molecule has 6 nitrogen and oxygen atoms in total. The first kappa shape index (κ1) is 24.8. The van der Waals surface area contributed by atoms with Gasteiger partial charge in [0.25, 0.3) is 5.91 Å². The maximum absolute atomic E-state index is 12.9. The molecule has 0 radical (unpaired) electrons. The van der Waals surface area contributed by atoms with Crippen LogP contribution in [0.15, 0.2) is 30.3 Å². The van der Waals surface area contributed by atoms with Crippen LogP contribution in [-0.4, -0.2) is 48.1 Å². The van der Waals surface area contributed by atoms with Crippen LogP contribution in [0.5, 0.6) is 0 Å². The molecule has 2 aromatic rings. The summed E-state index contributed by atoms with van der Waals surface area (Å²) in [5, 5.41) is 7.31. The first-order valence-electron chi connectivity index (χ1n) is 10.4. The Bertz CT molecular complexity index is 908. The number of aryl methyl sites for hydroxylation is 1. The first-order valence-corrected chi connectivity index (χ1v) is 11.7. The number of carbonyl (C=O) groups is 2. The minimum atomic E-state index is -0.491. The van der Waals surface area contributed by atoms with Gasteiger partial charge in [-0.15, -0.1) is 11.3 Å². The molecular formula is C23H31N3O3S2. The minimum absolute atomic E-state index is 0.0965. The van der Waals surface area contributed by atoms with E-state index >= 15 is 0 Å². The topological polar surface area (TPSA) is 70.7 Å². The zero-order valence-electron chi connectivity index (χ0n) is 18.8. The molecule has 168 valence electrons. The van der Waals surface area contributed by atoms with Gasteiger partial charge in [-0.2, -0.15) is 0 Å². The number of nitrogens with one attached hydrogen (secondary N) is 2. The SMILES string of the molecule is CCN(CC)C(=O)c1sc(NC(=S)NC(C)CCc2ccccc2)c(C(=O)OC)c1C. The van der Waals surface area contributed by atoms with Crippen LogP contribution in [0.25, 0.3) is 0 Å². The average molecular weight is 462 g/mol. The van der Waals surface area contributed by atoms with Gasteiger partial charge in [-0.05, 0) is 63.9 Å². The summed E-state index contributed by atoms with van der Waals surface area (Å²) in [5.41, 5.74) is 2.23. The molecule has 31 heavy (non-hydrogen) atoms. The largest absolute Gasteiger partial charge is 0.465 e. The van der Waals surface area contributed by atoms with Crippen LogP contribution in [0.3, 0.4) is 0 Å². The normalized spacial score (nSPS) is 11.5. The van der Waals surface area contributed by atoms with Crippen LogP contribution >= 0.6 is 23.6 Å². The molecule has 1 aromatic heterocycles. The Morgan fingerprint density at radius 2 is 1.84 bits per heavy atom. The van der Waals surface area contributed by atoms with E-state index in [-0.39, 0.29) is 11.9 Å². The smallest absolute Gasteiger partial charge is 0.341 e. The molecule has 2 rings (SSSR count). The van der Waals surface area contributed by atoms with Crippen LogP contribution in [0.1, 0.15) is 58.3 Å². The second kappa shape index (κ2) is 11.8. The number of carbonyl (C=O) groups excluding carboxylic acids is 2. The van der Waals surface area contributed by atoms with Crippen LogP contribution in [-0.2, 0) is 11.2 Å². The number of benzene rings is 1. The number of rotatable bonds is 9. The number of thiocarbonyl (C=S) groups is 1. The zero-order valence-corrected chi connectivity index (χ0v) is 20.4. The van der Waals surface area contributed by atoms with Gasteiger partial charge in [0.05, 0.1) is 17.6 Å². The second-order valence-electron chi connectivity index (χ2n) is 7.25. The van der Waals surface area contributed by atoms with E-state index in [0.717, 1.165) is 12.8 Å². The lowest BCUT2D eigenvalue weighted by molar-refractivity contribution is 0.0601. The summed E-state index contributed by atoms with van der Waals surface area (Å²) in [6.45, 7) is 8.89. The predicted octanol–water partition coefficient (Wildman–Crippen LogP) is 4.63. The fourth-order valence-corrected chi connectivity index (χ4v) is 4.81. The van der Waals surface area contributed by atoms with E-state index in [9.17, 15) is 9.59 Å². The number of ether oxygens (including phenoxy) is 1. The van der Waals surface area contributed by atoms with Gasteiger partial charge in [0.15, 0.2) is 5.11 Å². The minimum Gasteiger partial charge on any atom is -0.465 e. The van der Waals surface area contributed by atoms with Crippen molar-refractivity contribution in [3.63, 3.8) is 0 Å². The van der Waals surface area contributed by atoms with Crippen molar-refractivity contribution in [1.82, 2.24) is 10.2 Å². The maximum atomic E-state index is 12.9. The standard InChI is InChI=1S/C23H31N3O3S2/c1-6-26(7-2)21(27)19-16(4)18(22(28)29-5)20(31-19)25-23(30)24-15(3)13-14-17-11-9-8-10-12-17/h8-12,15H,6-7,13-14H2,1-5H3,(H2,24,25,30). The average Bonchev–Trinajstić information content (AvgIpc) is 3.08. The monoisotopic (exact) mass is 461 g/mol. The molecule has 0 saturated heterocycles. The van der Waals surface area contributed by atoms with E-state index in [4.69, 9.17) is 17.0 Å². The number of hydrogen-bond acceptors (Lipinski definition) is 5. The molecule has 0 saturated carbocycles. The lowest BCUT2D eigenvalue weighted by Gasteiger charge is -2.18. The van der Waals surface area contributed by atoms with Gasteiger partial charge >= 0.3 is 5.97 Å². The Hall–Kier alpha value is -2.45. The van der Waals surface area contributed by atoms with Crippen molar-refractivity contribution in [2.24, 2.45) is 0 Å². The molecule has 0 aliphatic heterocycles. The highest BCUT2D eigenvalue weighted by atomic mass is 32.1. The molecule has 0 spiro atoms. The molecule has 8 heteroatoms. The third kappa shape index (κ3) is 6.51. The van der Waals surface area contributed by atoms with Crippen molar-refractivity contribution in [2.75, 3.05) is 25.5 Å². The van der Waals surface area contributed by atoms with Gasteiger partial charge < -0.3 is 20.3 Å². The molecular weight excluding hydrogens is 430 g/mol. The number of methoxy groups -OCH3 is 1. The van der Waals surface area contributed by atoms with Crippen molar-refractivity contribution < 1.29 is 14.3 Å². The molecule has 2 N–H and O–H groups in total. The lowest BCUT2D eigenvalue weighted by atomic mass is 10.1. The van der Waals surface area contributed by atoms with E-state index in [1.165, 1.54) is 24.0 Å². The lowest BCUT2D eigenvalue weighted by Crippen LogP contribution is -2.36. The molecule has 0 aliphatic carbocycles. The summed E-state index contributed by atoms with van der Waals surface area (Å²) in [6, 6.07) is 10.4. The van der Waals surface area contributed by atoms with Gasteiger partial charge in [0, 0.05) is 19.1 Å². The highest BCUT2D eigenvalue weighted by Crippen LogP contribution is 2.34. The van der Waals surface area contributed by atoms with Crippen molar-refractivity contribution in [2.45, 2.75) is 46.6 Å². The van der Waals surface area contributed by atoms with E-state index < -0.39 is 5.97 Å². The van der Waals surface area contributed by atoms with E-state index in [1.807, 2.05) is 32.0 Å². The number of nitrogens with zero attached hydrogens (tertiary/aromatic N) is 1. The summed E-state index contributed by atoms with van der Waals surface area (Å²) < 4.78 is 4.95. The van der Waals surface area contributed by atoms with E-state index in [0.29, 0.717) is 39.2 Å².